The fraction of sp³-hybridized carbons (Fsp3) is 0.641. The summed E-state index contributed by atoms with van der Waals surface area (Å²) in [7, 11) is -18.5. The molecule has 2 aromatic rings. The summed E-state index contributed by atoms with van der Waals surface area (Å²) in [6.45, 7) is 16.2. The van der Waals surface area contributed by atoms with Crippen molar-refractivity contribution < 1.29 is 102 Å². The van der Waals surface area contributed by atoms with E-state index < -0.39 is 105 Å². The molecule has 406 valence electrons. The maximum absolute atomic E-state index is 15.9. The number of halogens is 15. The smallest absolute Gasteiger partial charge is 0.479 e. The third kappa shape index (κ3) is 16.7. The Hall–Kier alpha value is -4.61. The minimum absolute atomic E-state index is 0. The fourth-order valence-corrected chi connectivity index (χ4v) is 33.5. The number of hydrogen-bond donors (Lipinski definition) is 0. The number of rotatable bonds is 28. The first-order valence-corrected chi connectivity index (χ1v) is 38.4. The SMILES string of the molecule is CN([C-]=O)c1cccc([Si](C)(C)CC[Si](C)(C)O[Si](O[SiH](C)C)(O[Si](C)(C)CC[Si](C)(C)c2cccc(N(C)[C-]=O)c2)C(CC(F)OC(F)(F)C(F)(OC(F)(F)C(F)(F)OF)C(F)(F)F)C(F)(F)F)c1.[Rf].[Rf]. The Morgan fingerprint density at radius 3 is 1.33 bits per heavy atom. The summed E-state index contributed by atoms with van der Waals surface area (Å²) in [5.74, 6) is -7.50. The Morgan fingerprint density at radius 1 is 0.625 bits per heavy atom. The van der Waals surface area contributed by atoms with Gasteiger partial charge in [0.1, 0.15) is 5.54 Å². The minimum Gasteiger partial charge on any atom is -0.479 e. The average Bonchev–Trinajstić information content (AvgIpc) is 3.21. The molecule has 33 heteroatoms. The molecule has 0 radical (unpaired) electrons. The molecule has 0 saturated heterocycles. The van der Waals surface area contributed by atoms with E-state index >= 15 is 30.7 Å². The van der Waals surface area contributed by atoms with Crippen LogP contribution in [0.1, 0.15) is 6.42 Å². The Bertz CT molecular complexity index is 1980. The summed E-state index contributed by atoms with van der Waals surface area (Å²) in [6.07, 6.45) is -38.2. The van der Waals surface area contributed by atoms with E-state index in [2.05, 4.69) is 9.47 Å². The Balaban J connectivity index is 0.0000252. The zero-order valence-electron chi connectivity index (χ0n) is 41.6. The number of ether oxygens (including phenoxy) is 2. The number of carbonyl (C=O) groups excluding carboxylic acids is 2. The van der Waals surface area contributed by atoms with Gasteiger partial charge >= 0.3 is 45.3 Å². The van der Waals surface area contributed by atoms with E-state index in [-0.39, 0.29) is 24.2 Å². The van der Waals surface area contributed by atoms with E-state index in [1.165, 1.54) is 68.1 Å². The Labute approximate surface area is 403 Å². The van der Waals surface area contributed by atoms with Gasteiger partial charge in [-0.2, -0.15) is 57.1 Å². The maximum Gasteiger partial charge on any atom is 0.482 e. The van der Waals surface area contributed by atoms with Gasteiger partial charge in [0.2, 0.25) is 6.36 Å². The molecule has 3 unspecified atom stereocenters. The average molecular weight is 1670 g/mol. The van der Waals surface area contributed by atoms with Crippen molar-refractivity contribution in [3.8, 4) is 0 Å². The van der Waals surface area contributed by atoms with E-state index in [4.69, 9.17) is 12.3 Å². The van der Waals surface area contributed by atoms with Crippen molar-refractivity contribution in [1.82, 2.24) is 0 Å². The second-order valence-electron chi connectivity index (χ2n) is 19.3. The predicted molar refractivity (Wildman–Crippen MR) is 246 cm³/mol. The number of alkyl halides is 14. The normalized spacial score (nSPS) is 15.5. The zero-order chi connectivity index (χ0) is 54.5. The summed E-state index contributed by atoms with van der Waals surface area (Å²) < 4.78 is 241. The van der Waals surface area contributed by atoms with E-state index in [9.17, 15) is 44.8 Å². The first kappa shape index (κ1) is 67.4. The van der Waals surface area contributed by atoms with Crippen molar-refractivity contribution in [3.63, 3.8) is 0 Å². The molecule has 3 atom stereocenters. The number of hydrogen-bond acceptors (Lipinski definition) is 8. The van der Waals surface area contributed by atoms with Crippen LogP contribution in [0.25, 0.3) is 0 Å². The standard InChI is InChI=1S/C39H57F15N2O8Si6.2Rf/c1-55(26-57)28-15-13-17-30(23-28)66(5,6)19-21-68(9,10)63-70(62-65(3)4,64-69(11,12)22-20-67(7,8)31-18-14-16-29(24-31)56(2)27-58)32(34(41,42)43)25-33(40)59-37(48,49)35(44,36(45,46)47)60-38(50,51)39(52,53)61-54;;/h13-18,23-24,32-33,65H,19-22,25H2,1-12H3;;/q-2;;. The molecule has 0 aliphatic heterocycles. The molecule has 0 heterocycles. The van der Waals surface area contributed by atoms with Gasteiger partial charge in [0, 0.05) is 6.42 Å². The van der Waals surface area contributed by atoms with Crippen molar-refractivity contribution in [2.45, 2.75) is 144 Å². The molecule has 0 aliphatic rings. The molecular formula is C39H57F15N2O8Rf2Si6-2. The second kappa shape index (κ2) is 23.7. The first-order chi connectivity index (χ1) is 31.4. The Morgan fingerprint density at radius 2 is 1.01 bits per heavy atom. The van der Waals surface area contributed by atoms with Crippen LogP contribution >= 0.6 is 0 Å². The van der Waals surface area contributed by atoms with Gasteiger partial charge in [0.05, 0.1) is 29.0 Å². The third-order valence-corrected chi connectivity index (χ3v) is 33.2. The molecule has 0 aliphatic carbocycles. The van der Waals surface area contributed by atoms with Gasteiger partial charge in [0.15, 0.2) is 25.7 Å². The van der Waals surface area contributed by atoms with Gasteiger partial charge in [0.25, 0.3) is 0 Å². The van der Waals surface area contributed by atoms with Crippen LogP contribution in [0.4, 0.5) is 77.4 Å². The van der Waals surface area contributed by atoms with Crippen LogP contribution in [0, 0.1) is 0 Å². The van der Waals surface area contributed by atoms with Gasteiger partial charge in [-0.1, -0.05) is 72.9 Å². The molecule has 2 rings (SSSR count). The second-order valence-corrected chi connectivity index (χ2v) is 43.6. The van der Waals surface area contributed by atoms with Gasteiger partial charge in [-0.05, 0) is 70.0 Å². The molecule has 0 fully saturated rings. The molecule has 0 aromatic heterocycles. The van der Waals surface area contributed by atoms with Crippen LogP contribution < -0.4 is 20.2 Å². The van der Waals surface area contributed by atoms with Gasteiger partial charge < -0.3 is 31.7 Å². The molecule has 0 N–H and O–H groups in total. The summed E-state index contributed by atoms with van der Waals surface area (Å²) in [5, 5.41) is 1.59. The van der Waals surface area contributed by atoms with Crippen molar-refractivity contribution in [1.29, 1.82) is 0 Å². The number of nitrogens with zero attached hydrogens (tertiary/aromatic N) is 2. The van der Waals surface area contributed by atoms with Crippen molar-refractivity contribution >= 4 is 85.2 Å². The zero-order valence-corrected chi connectivity index (χ0v) is 60.6. The molecule has 72 heavy (non-hydrogen) atoms. The summed E-state index contributed by atoms with van der Waals surface area (Å²) in [5.41, 5.74) is -2.56. The van der Waals surface area contributed by atoms with Crippen molar-refractivity contribution in [2.24, 2.45) is 0 Å². The van der Waals surface area contributed by atoms with E-state index in [1.807, 2.05) is 26.2 Å². The van der Waals surface area contributed by atoms with Crippen LogP contribution in [0.15, 0.2) is 48.5 Å². The fourth-order valence-electron chi connectivity index (χ4n) is 6.90. The number of amides is 2. The molecule has 10 nitrogen and oxygen atoms in total. The molecule has 2 aromatic carbocycles. The summed E-state index contributed by atoms with van der Waals surface area (Å²) in [6, 6.07) is 14.3. The number of anilines is 2. The monoisotopic (exact) mass is 1670 g/mol. The van der Waals surface area contributed by atoms with Crippen LogP contribution in [0.5, 0.6) is 0 Å². The topological polar surface area (TPSA) is 96.0 Å². The van der Waals surface area contributed by atoms with Crippen molar-refractivity contribution in [3.05, 3.63) is 48.5 Å². The summed E-state index contributed by atoms with van der Waals surface area (Å²) >= 11 is 0. The quantitative estimate of drug-likeness (QED) is 0.0360. The molecule has 2 amide bonds. The molecular weight excluding hydrogens is 1610 g/mol. The largest absolute Gasteiger partial charge is 0.482 e. The van der Waals surface area contributed by atoms with Gasteiger partial charge in [-0.15, -0.1) is 40.6 Å². The van der Waals surface area contributed by atoms with Crippen LogP contribution in [-0.4, -0.2) is 120 Å². The predicted octanol–water partition coefficient (Wildman–Crippen LogP) is 11.2. The van der Waals surface area contributed by atoms with Gasteiger partial charge in [-0.25, -0.2) is 4.39 Å². The van der Waals surface area contributed by atoms with Crippen LogP contribution in [-0.2, 0) is 36.3 Å². The van der Waals surface area contributed by atoms with E-state index in [0.717, 1.165) is 10.4 Å². The van der Waals surface area contributed by atoms with E-state index in [1.54, 1.807) is 61.4 Å². The maximum atomic E-state index is 15.9. The molecule has 0 spiro atoms. The van der Waals surface area contributed by atoms with Crippen LogP contribution in [0.2, 0.25) is 95.2 Å². The van der Waals surface area contributed by atoms with E-state index in [0.29, 0.717) is 11.4 Å². The third-order valence-electron chi connectivity index (χ3n) is 11.2. The van der Waals surface area contributed by atoms with Gasteiger partial charge in [-0.3, -0.25) is 9.47 Å². The number of benzene rings is 2. The molecule has 0 saturated carbocycles. The Kier molecular flexibility index (Phi) is 22.2. The van der Waals surface area contributed by atoms with Crippen LogP contribution in [0.3, 0.4) is 0 Å². The van der Waals surface area contributed by atoms with Crippen molar-refractivity contribution in [2.75, 3.05) is 23.9 Å². The summed E-state index contributed by atoms with van der Waals surface area (Å²) in [4.78, 5) is 26.6. The first-order valence-electron chi connectivity index (χ1n) is 21.2. The molecule has 0 bridgehead atoms. The minimum atomic E-state index is -7.56.